The number of halogens is 1. The predicted molar refractivity (Wildman–Crippen MR) is 73.8 cm³/mol. The Morgan fingerprint density at radius 1 is 1.06 bits per heavy atom. The zero-order chi connectivity index (χ0) is 12.5. The van der Waals surface area contributed by atoms with Crippen LogP contribution in [0, 0.1) is 6.92 Å². The summed E-state index contributed by atoms with van der Waals surface area (Å²) in [7, 11) is 0. The Labute approximate surface area is 111 Å². The minimum absolute atomic E-state index is 0.787. The Balaban J connectivity index is 2.10. The van der Waals surface area contributed by atoms with Crippen molar-refractivity contribution in [2.75, 3.05) is 0 Å². The molecular formula is C15H14ClN2+. The molecule has 3 heteroatoms. The third-order valence-electron chi connectivity index (χ3n) is 3.20. The summed E-state index contributed by atoms with van der Waals surface area (Å²) < 4.78 is 2.25. The van der Waals surface area contributed by atoms with Gasteiger partial charge in [0.2, 0.25) is 0 Å². The molecule has 0 radical (unpaired) electrons. The monoisotopic (exact) mass is 257 g/mol. The number of nitrogens with zero attached hydrogens (tertiary/aromatic N) is 1. The highest BCUT2D eigenvalue weighted by atomic mass is 35.5. The molecule has 0 fully saturated rings. The summed E-state index contributed by atoms with van der Waals surface area (Å²) in [5, 5.41) is 0.815. The Morgan fingerprint density at radius 2 is 1.78 bits per heavy atom. The number of aromatic amines is 1. The second kappa shape index (κ2) is 4.46. The molecule has 0 saturated carbocycles. The van der Waals surface area contributed by atoms with Crippen LogP contribution < -0.4 is 4.57 Å². The van der Waals surface area contributed by atoms with Crippen LogP contribution in [0.2, 0.25) is 5.02 Å². The van der Waals surface area contributed by atoms with E-state index in [4.69, 9.17) is 11.6 Å². The Kier molecular flexibility index (Phi) is 2.80. The van der Waals surface area contributed by atoms with Crippen LogP contribution in [0.15, 0.2) is 48.5 Å². The molecule has 3 aromatic rings. The van der Waals surface area contributed by atoms with Crippen LogP contribution in [0.5, 0.6) is 0 Å². The first-order chi connectivity index (χ1) is 8.75. The summed E-state index contributed by atoms with van der Waals surface area (Å²) >= 11 is 6.22. The molecule has 0 aliphatic carbocycles. The molecule has 0 unspecified atom stereocenters. The lowest BCUT2D eigenvalue weighted by Crippen LogP contribution is -2.36. The molecule has 0 aliphatic heterocycles. The van der Waals surface area contributed by atoms with E-state index in [1.54, 1.807) is 0 Å². The number of rotatable bonds is 2. The van der Waals surface area contributed by atoms with E-state index >= 15 is 0 Å². The van der Waals surface area contributed by atoms with E-state index < -0.39 is 0 Å². The SMILES string of the molecule is Cc1[nH]c2ccccc2[n+]1Cc1ccccc1Cl. The van der Waals surface area contributed by atoms with Crippen molar-refractivity contribution in [1.82, 2.24) is 4.98 Å². The number of para-hydroxylation sites is 2. The summed E-state index contributed by atoms with van der Waals surface area (Å²) in [6.07, 6.45) is 0. The van der Waals surface area contributed by atoms with Gasteiger partial charge in [-0.05, 0) is 18.2 Å². The van der Waals surface area contributed by atoms with Crippen molar-refractivity contribution in [3.05, 3.63) is 64.9 Å². The molecular weight excluding hydrogens is 244 g/mol. The minimum Gasteiger partial charge on any atom is -0.241 e. The maximum Gasteiger partial charge on any atom is 0.252 e. The molecule has 0 spiro atoms. The number of hydrogen-bond acceptors (Lipinski definition) is 0. The van der Waals surface area contributed by atoms with E-state index in [-0.39, 0.29) is 0 Å². The fourth-order valence-corrected chi connectivity index (χ4v) is 2.45. The quantitative estimate of drug-likeness (QED) is 0.679. The van der Waals surface area contributed by atoms with Crippen LogP contribution in [-0.2, 0) is 6.54 Å². The van der Waals surface area contributed by atoms with Gasteiger partial charge in [0, 0.05) is 17.5 Å². The van der Waals surface area contributed by atoms with Gasteiger partial charge in [-0.3, -0.25) is 0 Å². The van der Waals surface area contributed by atoms with Gasteiger partial charge >= 0.3 is 0 Å². The fraction of sp³-hybridized carbons (Fsp3) is 0.133. The molecule has 1 heterocycles. The van der Waals surface area contributed by atoms with Gasteiger partial charge in [-0.1, -0.05) is 41.9 Å². The van der Waals surface area contributed by atoms with Crippen LogP contribution >= 0.6 is 11.6 Å². The van der Waals surface area contributed by atoms with Crippen molar-refractivity contribution >= 4 is 22.6 Å². The molecule has 90 valence electrons. The standard InChI is InChI=1S/C15H13ClN2/c1-11-17-14-8-4-5-9-15(14)18(11)10-12-6-2-3-7-13(12)16/h2-9H,10H2,1H3/p+1. The summed E-state index contributed by atoms with van der Waals surface area (Å²) in [4.78, 5) is 3.39. The number of fused-ring (bicyclic) bond motifs is 1. The maximum atomic E-state index is 6.22. The Morgan fingerprint density at radius 3 is 2.61 bits per heavy atom. The molecule has 0 atom stereocenters. The van der Waals surface area contributed by atoms with Gasteiger partial charge in [-0.25, -0.2) is 9.55 Å². The lowest BCUT2D eigenvalue weighted by atomic mass is 10.2. The molecule has 3 rings (SSSR count). The van der Waals surface area contributed by atoms with Crippen LogP contribution in [0.1, 0.15) is 11.4 Å². The van der Waals surface area contributed by atoms with Gasteiger partial charge in [0.25, 0.3) is 5.82 Å². The van der Waals surface area contributed by atoms with Crippen molar-refractivity contribution in [2.45, 2.75) is 13.5 Å². The molecule has 0 aliphatic rings. The highest BCUT2D eigenvalue weighted by Gasteiger charge is 2.15. The van der Waals surface area contributed by atoms with Crippen molar-refractivity contribution in [3.63, 3.8) is 0 Å². The molecule has 1 N–H and O–H groups in total. The number of imidazole rings is 1. The molecule has 0 bridgehead atoms. The van der Waals surface area contributed by atoms with Crippen LogP contribution in [0.25, 0.3) is 11.0 Å². The summed E-state index contributed by atoms with van der Waals surface area (Å²) in [6.45, 7) is 2.87. The lowest BCUT2D eigenvalue weighted by Gasteiger charge is -2.02. The number of nitrogens with one attached hydrogen (secondary N) is 1. The maximum absolute atomic E-state index is 6.22. The first kappa shape index (κ1) is 11.3. The molecule has 18 heavy (non-hydrogen) atoms. The first-order valence-corrected chi connectivity index (χ1v) is 6.34. The zero-order valence-corrected chi connectivity index (χ0v) is 10.9. The van der Waals surface area contributed by atoms with Crippen LogP contribution in [0.3, 0.4) is 0 Å². The fourth-order valence-electron chi connectivity index (χ4n) is 2.26. The minimum atomic E-state index is 0.787. The highest BCUT2D eigenvalue weighted by molar-refractivity contribution is 6.31. The van der Waals surface area contributed by atoms with Gasteiger partial charge in [0.15, 0.2) is 11.0 Å². The van der Waals surface area contributed by atoms with Crippen molar-refractivity contribution in [3.8, 4) is 0 Å². The topological polar surface area (TPSA) is 19.7 Å². The van der Waals surface area contributed by atoms with Crippen LogP contribution in [0.4, 0.5) is 0 Å². The molecule has 0 saturated heterocycles. The van der Waals surface area contributed by atoms with Crippen molar-refractivity contribution in [2.24, 2.45) is 0 Å². The largest absolute Gasteiger partial charge is 0.252 e. The smallest absolute Gasteiger partial charge is 0.241 e. The van der Waals surface area contributed by atoms with E-state index in [1.165, 1.54) is 5.52 Å². The van der Waals surface area contributed by atoms with Gasteiger partial charge in [-0.2, -0.15) is 0 Å². The van der Waals surface area contributed by atoms with E-state index in [1.807, 2.05) is 24.3 Å². The number of benzene rings is 2. The third kappa shape index (κ3) is 1.89. The Hall–Kier alpha value is -1.80. The summed E-state index contributed by atoms with van der Waals surface area (Å²) in [5.41, 5.74) is 3.49. The van der Waals surface area contributed by atoms with Crippen molar-refractivity contribution in [1.29, 1.82) is 0 Å². The normalized spacial score (nSPS) is 11.0. The van der Waals surface area contributed by atoms with Gasteiger partial charge in [-0.15, -0.1) is 0 Å². The second-order valence-electron chi connectivity index (χ2n) is 4.41. The molecule has 1 aromatic heterocycles. The van der Waals surface area contributed by atoms with Crippen LogP contribution in [-0.4, -0.2) is 4.98 Å². The molecule has 2 nitrogen and oxygen atoms in total. The van der Waals surface area contributed by atoms with E-state index in [0.717, 1.165) is 28.5 Å². The third-order valence-corrected chi connectivity index (χ3v) is 3.57. The van der Waals surface area contributed by atoms with Gasteiger partial charge in [0.05, 0.1) is 0 Å². The first-order valence-electron chi connectivity index (χ1n) is 5.96. The van der Waals surface area contributed by atoms with E-state index in [9.17, 15) is 0 Å². The number of aryl methyl sites for hydroxylation is 1. The van der Waals surface area contributed by atoms with Gasteiger partial charge in [0.1, 0.15) is 6.54 Å². The second-order valence-corrected chi connectivity index (χ2v) is 4.81. The Bertz CT molecular complexity index is 701. The molecule has 0 amide bonds. The average molecular weight is 258 g/mol. The highest BCUT2D eigenvalue weighted by Crippen LogP contribution is 2.16. The summed E-state index contributed by atoms with van der Waals surface area (Å²) in [5.74, 6) is 1.14. The molecule has 2 aromatic carbocycles. The number of H-pyrrole nitrogens is 1. The lowest BCUT2D eigenvalue weighted by molar-refractivity contribution is -0.668. The number of aromatic nitrogens is 2. The van der Waals surface area contributed by atoms with E-state index in [2.05, 4.69) is 40.7 Å². The van der Waals surface area contributed by atoms with Crippen molar-refractivity contribution < 1.29 is 4.57 Å². The average Bonchev–Trinajstić information content (AvgIpc) is 2.69. The number of hydrogen-bond donors (Lipinski definition) is 1. The van der Waals surface area contributed by atoms with Gasteiger partial charge < -0.3 is 0 Å². The zero-order valence-electron chi connectivity index (χ0n) is 10.2. The summed E-state index contributed by atoms with van der Waals surface area (Å²) in [6, 6.07) is 16.3. The predicted octanol–water partition coefficient (Wildman–Crippen LogP) is 3.47. The van der Waals surface area contributed by atoms with E-state index in [0.29, 0.717) is 0 Å².